The second kappa shape index (κ2) is 11.5. The van der Waals surface area contributed by atoms with E-state index in [0.717, 1.165) is 0 Å². The number of anilines is 1. The number of rotatable bonds is 9. The van der Waals surface area contributed by atoms with Gasteiger partial charge in [0.2, 0.25) is 15.9 Å². The molecule has 2 aromatic carbocycles. The zero-order chi connectivity index (χ0) is 23.8. The molecular formula is C23H27ClN4O4S. The number of halogens is 1. The smallest absolute Gasteiger partial charge is 0.244 e. The maximum atomic E-state index is 13.1. The molecule has 0 bridgehead atoms. The summed E-state index contributed by atoms with van der Waals surface area (Å²) in [6.07, 6.45) is 0.211. The highest BCUT2D eigenvalue weighted by Crippen LogP contribution is 2.25. The summed E-state index contributed by atoms with van der Waals surface area (Å²) in [6.45, 7) is 4.24. The maximum absolute atomic E-state index is 13.1. The summed E-state index contributed by atoms with van der Waals surface area (Å²) in [5.74, 6) is 0.571. The minimum absolute atomic E-state index is 0.0920. The molecule has 0 saturated carbocycles. The Labute approximate surface area is 200 Å². The van der Waals surface area contributed by atoms with Gasteiger partial charge in [-0.3, -0.25) is 9.69 Å². The molecule has 1 amide bonds. The first-order valence-electron chi connectivity index (χ1n) is 10.7. The highest BCUT2D eigenvalue weighted by Gasteiger charge is 2.31. The van der Waals surface area contributed by atoms with Gasteiger partial charge in [-0.05, 0) is 43.3 Å². The third-order valence-corrected chi connectivity index (χ3v) is 7.75. The predicted molar refractivity (Wildman–Crippen MR) is 127 cm³/mol. The zero-order valence-electron chi connectivity index (χ0n) is 18.5. The Morgan fingerprint density at radius 1 is 1.12 bits per heavy atom. The lowest BCUT2D eigenvalue weighted by Gasteiger charge is -2.34. The van der Waals surface area contributed by atoms with Crippen LogP contribution in [0.3, 0.4) is 0 Å². The third kappa shape index (κ3) is 6.24. The van der Waals surface area contributed by atoms with Crippen molar-refractivity contribution in [3.63, 3.8) is 0 Å². The number of carbonyl (C=O) groups is 1. The molecule has 0 radical (unpaired) electrons. The Morgan fingerprint density at radius 3 is 2.39 bits per heavy atom. The molecule has 10 heteroatoms. The minimum Gasteiger partial charge on any atom is -0.494 e. The molecule has 0 spiro atoms. The molecule has 1 aliphatic rings. The Balaban J connectivity index is 1.63. The average molecular weight is 491 g/mol. The van der Waals surface area contributed by atoms with Crippen LogP contribution in [0, 0.1) is 11.3 Å². The highest BCUT2D eigenvalue weighted by molar-refractivity contribution is 7.89. The van der Waals surface area contributed by atoms with Crippen molar-refractivity contribution in [1.82, 2.24) is 9.21 Å². The average Bonchev–Trinajstić information content (AvgIpc) is 2.81. The lowest BCUT2D eigenvalue weighted by molar-refractivity contribution is -0.120. The summed E-state index contributed by atoms with van der Waals surface area (Å²) < 4.78 is 32.7. The van der Waals surface area contributed by atoms with Crippen LogP contribution in [-0.2, 0) is 14.8 Å². The molecule has 1 saturated heterocycles. The van der Waals surface area contributed by atoms with Gasteiger partial charge < -0.3 is 9.64 Å². The summed E-state index contributed by atoms with van der Waals surface area (Å²) in [5.41, 5.74) is 0.693. The van der Waals surface area contributed by atoms with Crippen molar-refractivity contribution in [2.75, 3.05) is 50.8 Å². The van der Waals surface area contributed by atoms with Gasteiger partial charge in [0.1, 0.15) is 10.6 Å². The standard InChI is InChI=1S/C23H27ClN4O4S/c1-2-32-20-10-8-19(9-11-20)28(13-5-12-25)23(29)18-26-14-16-27(17-15-26)33(30,31)22-7-4-3-6-21(22)24/h3-4,6-11H,2,5,13-18H2,1H3. The van der Waals surface area contributed by atoms with Crippen molar-refractivity contribution in [2.45, 2.75) is 18.2 Å². The van der Waals surface area contributed by atoms with E-state index in [9.17, 15) is 13.2 Å². The second-order valence-electron chi connectivity index (χ2n) is 7.49. The van der Waals surface area contributed by atoms with Crippen LogP contribution in [0.2, 0.25) is 5.02 Å². The van der Waals surface area contributed by atoms with Gasteiger partial charge in [-0.15, -0.1) is 0 Å². The molecule has 8 nitrogen and oxygen atoms in total. The molecular weight excluding hydrogens is 464 g/mol. The number of benzene rings is 2. The Bertz CT molecular complexity index is 1090. The largest absolute Gasteiger partial charge is 0.494 e. The van der Waals surface area contributed by atoms with Crippen LogP contribution in [0.4, 0.5) is 5.69 Å². The number of amides is 1. The zero-order valence-corrected chi connectivity index (χ0v) is 20.1. The molecule has 1 heterocycles. The number of ether oxygens (including phenoxy) is 1. The number of nitrogens with zero attached hydrogens (tertiary/aromatic N) is 4. The SMILES string of the molecule is CCOc1ccc(N(CCC#N)C(=O)CN2CCN(S(=O)(=O)c3ccccc3Cl)CC2)cc1. The number of hydrogen-bond acceptors (Lipinski definition) is 6. The highest BCUT2D eigenvalue weighted by atomic mass is 35.5. The fourth-order valence-corrected chi connectivity index (χ4v) is 5.56. The lowest BCUT2D eigenvalue weighted by Crippen LogP contribution is -2.51. The summed E-state index contributed by atoms with van der Waals surface area (Å²) in [5, 5.41) is 9.20. The van der Waals surface area contributed by atoms with Crippen LogP contribution < -0.4 is 9.64 Å². The van der Waals surface area contributed by atoms with Crippen LogP contribution in [0.1, 0.15) is 13.3 Å². The number of carbonyl (C=O) groups excluding carboxylic acids is 1. The molecule has 176 valence electrons. The normalized spacial score (nSPS) is 15.1. The monoisotopic (exact) mass is 490 g/mol. The first-order chi connectivity index (χ1) is 15.9. The molecule has 2 aromatic rings. The van der Waals surface area contributed by atoms with Gasteiger partial charge in [-0.25, -0.2) is 8.42 Å². The third-order valence-electron chi connectivity index (χ3n) is 5.35. The quantitative estimate of drug-likeness (QED) is 0.536. The van der Waals surface area contributed by atoms with E-state index in [2.05, 4.69) is 6.07 Å². The Morgan fingerprint density at radius 2 is 1.79 bits per heavy atom. The van der Waals surface area contributed by atoms with Crippen LogP contribution in [0.25, 0.3) is 0 Å². The van der Waals surface area contributed by atoms with Crippen LogP contribution in [0.15, 0.2) is 53.4 Å². The number of sulfonamides is 1. The number of hydrogen-bond donors (Lipinski definition) is 0. The van der Waals surface area contributed by atoms with Gasteiger partial charge in [0.05, 0.1) is 30.7 Å². The molecule has 3 rings (SSSR count). The summed E-state index contributed by atoms with van der Waals surface area (Å²) in [4.78, 5) is 16.7. The topological polar surface area (TPSA) is 93.9 Å². The van der Waals surface area contributed by atoms with Crippen molar-refractivity contribution in [2.24, 2.45) is 0 Å². The van der Waals surface area contributed by atoms with Gasteiger partial charge >= 0.3 is 0 Å². The summed E-state index contributed by atoms with van der Waals surface area (Å²) in [7, 11) is -3.69. The van der Waals surface area contributed by atoms with E-state index in [0.29, 0.717) is 31.1 Å². The van der Waals surface area contributed by atoms with E-state index in [1.165, 1.54) is 10.4 Å². The van der Waals surface area contributed by atoms with Crippen molar-refractivity contribution < 1.29 is 17.9 Å². The Hall–Kier alpha value is -2.64. The van der Waals surface area contributed by atoms with Gasteiger partial charge in [0.15, 0.2) is 0 Å². The number of piperazine rings is 1. The van der Waals surface area contributed by atoms with Crippen LogP contribution >= 0.6 is 11.6 Å². The molecule has 0 aliphatic carbocycles. The fourth-order valence-electron chi connectivity index (χ4n) is 3.65. The van der Waals surface area contributed by atoms with Crippen molar-refractivity contribution >= 4 is 33.2 Å². The van der Waals surface area contributed by atoms with Gasteiger partial charge in [-0.1, -0.05) is 23.7 Å². The number of nitriles is 1. The van der Waals surface area contributed by atoms with E-state index in [1.807, 2.05) is 11.8 Å². The molecule has 1 fully saturated rings. The van der Waals surface area contributed by atoms with Crippen LogP contribution in [-0.4, -0.2) is 69.4 Å². The van der Waals surface area contributed by atoms with Crippen LogP contribution in [0.5, 0.6) is 5.75 Å². The van der Waals surface area contributed by atoms with E-state index in [4.69, 9.17) is 21.6 Å². The van der Waals surface area contributed by atoms with Crippen molar-refractivity contribution in [3.8, 4) is 11.8 Å². The predicted octanol–water partition coefficient (Wildman–Crippen LogP) is 2.99. The van der Waals surface area contributed by atoms with E-state index < -0.39 is 10.0 Å². The van der Waals surface area contributed by atoms with Crippen molar-refractivity contribution in [3.05, 3.63) is 53.6 Å². The summed E-state index contributed by atoms with van der Waals surface area (Å²) in [6, 6.07) is 15.7. The van der Waals surface area contributed by atoms with E-state index in [1.54, 1.807) is 47.4 Å². The van der Waals surface area contributed by atoms with Gasteiger partial charge in [0, 0.05) is 38.4 Å². The minimum atomic E-state index is -3.69. The first-order valence-corrected chi connectivity index (χ1v) is 12.6. The Kier molecular flexibility index (Phi) is 8.69. The fraction of sp³-hybridized carbons (Fsp3) is 0.391. The summed E-state index contributed by atoms with van der Waals surface area (Å²) >= 11 is 6.09. The van der Waals surface area contributed by atoms with E-state index >= 15 is 0 Å². The molecule has 0 unspecified atom stereocenters. The molecule has 0 aromatic heterocycles. The van der Waals surface area contributed by atoms with E-state index in [-0.39, 0.29) is 48.4 Å². The molecule has 0 atom stereocenters. The molecule has 33 heavy (non-hydrogen) atoms. The first kappa shape index (κ1) is 25.0. The van der Waals surface area contributed by atoms with Gasteiger partial charge in [0.25, 0.3) is 0 Å². The maximum Gasteiger partial charge on any atom is 0.244 e. The second-order valence-corrected chi connectivity index (χ2v) is 9.80. The molecule has 1 aliphatic heterocycles. The lowest BCUT2D eigenvalue weighted by atomic mass is 10.2. The van der Waals surface area contributed by atoms with Gasteiger partial charge in [-0.2, -0.15) is 9.57 Å². The molecule has 0 N–H and O–H groups in total. The van der Waals surface area contributed by atoms with Crippen molar-refractivity contribution in [1.29, 1.82) is 5.26 Å².